The molecule has 6 heteroatoms. The van der Waals surface area contributed by atoms with Crippen molar-refractivity contribution in [1.82, 2.24) is 4.72 Å². The minimum absolute atomic E-state index is 0.0857. The third-order valence-corrected chi connectivity index (χ3v) is 5.79. The largest absolute Gasteiger partial charge is 0.322 e. The lowest BCUT2D eigenvalue weighted by atomic mass is 10.0. The van der Waals surface area contributed by atoms with Gasteiger partial charge in [0.05, 0.1) is 4.90 Å². The van der Waals surface area contributed by atoms with Gasteiger partial charge in [0.15, 0.2) is 0 Å². The van der Waals surface area contributed by atoms with Gasteiger partial charge in [-0.2, -0.15) is 0 Å². The second kappa shape index (κ2) is 8.47. The van der Waals surface area contributed by atoms with Crippen molar-refractivity contribution < 1.29 is 13.2 Å². The first-order valence-corrected chi connectivity index (χ1v) is 10.3. The third kappa shape index (κ3) is 4.93. The molecule has 0 bridgehead atoms. The summed E-state index contributed by atoms with van der Waals surface area (Å²) in [7, 11) is -3.65. The topological polar surface area (TPSA) is 75.3 Å². The highest BCUT2D eigenvalue weighted by Gasteiger charge is 2.18. The number of hydrogen-bond donors (Lipinski definition) is 2. The average molecular weight is 375 g/mol. The van der Waals surface area contributed by atoms with E-state index >= 15 is 0 Å². The number of para-hydroxylation sites is 1. The minimum Gasteiger partial charge on any atom is -0.322 e. The monoisotopic (exact) mass is 374 g/mol. The van der Waals surface area contributed by atoms with Gasteiger partial charge in [0, 0.05) is 17.3 Å². The van der Waals surface area contributed by atoms with Crippen molar-refractivity contribution in [2.45, 2.75) is 51.0 Å². The molecule has 2 aromatic carbocycles. The van der Waals surface area contributed by atoms with E-state index in [0.717, 1.165) is 11.3 Å². The molecule has 1 atom stereocenters. The smallest absolute Gasteiger partial charge is 0.255 e. The Balaban J connectivity index is 2.27. The fraction of sp³-hybridized carbons (Fsp3) is 0.350. The maximum absolute atomic E-state index is 12.6. The molecule has 2 rings (SSSR count). The quantitative estimate of drug-likeness (QED) is 0.765. The molecular weight excluding hydrogens is 348 g/mol. The Hall–Kier alpha value is -2.18. The Morgan fingerprint density at radius 1 is 1.04 bits per heavy atom. The molecule has 0 heterocycles. The van der Waals surface area contributed by atoms with Crippen molar-refractivity contribution in [2.75, 3.05) is 5.32 Å². The molecule has 0 aliphatic rings. The van der Waals surface area contributed by atoms with Crippen LogP contribution in [0.25, 0.3) is 0 Å². The van der Waals surface area contributed by atoms with Gasteiger partial charge in [-0.05, 0) is 49.1 Å². The van der Waals surface area contributed by atoms with E-state index in [9.17, 15) is 13.2 Å². The molecule has 0 aliphatic carbocycles. The maximum Gasteiger partial charge on any atom is 0.255 e. The summed E-state index contributed by atoms with van der Waals surface area (Å²) >= 11 is 0. The molecule has 0 spiro atoms. The molecule has 5 nitrogen and oxygen atoms in total. The molecule has 0 aromatic heterocycles. The number of carbonyl (C=O) groups is 1. The first-order valence-electron chi connectivity index (χ1n) is 8.77. The Morgan fingerprint density at radius 2 is 1.73 bits per heavy atom. The van der Waals surface area contributed by atoms with Crippen LogP contribution in [0.15, 0.2) is 53.4 Å². The standard InChI is InChI=1S/C20H26N2O3S/c1-5-15(4)22-26(24,25)17-10-8-9-16(13-17)20(23)21-19-12-7-6-11-18(19)14(2)3/h6-15,22H,5H2,1-4H3,(H,21,23). The SMILES string of the molecule is CCC(C)NS(=O)(=O)c1cccc(C(=O)Nc2ccccc2C(C)C)c1. The molecule has 0 aliphatic heterocycles. The summed E-state index contributed by atoms with van der Waals surface area (Å²) in [5.74, 6) is -0.0726. The summed E-state index contributed by atoms with van der Waals surface area (Å²) in [6.45, 7) is 7.82. The van der Waals surface area contributed by atoms with Gasteiger partial charge in [-0.1, -0.05) is 45.0 Å². The van der Waals surface area contributed by atoms with Crippen molar-refractivity contribution in [3.8, 4) is 0 Å². The van der Waals surface area contributed by atoms with Gasteiger partial charge in [0.25, 0.3) is 5.91 Å². The van der Waals surface area contributed by atoms with Crippen molar-refractivity contribution in [1.29, 1.82) is 0 Å². The summed E-state index contributed by atoms with van der Waals surface area (Å²) in [6, 6.07) is 13.5. The lowest BCUT2D eigenvalue weighted by molar-refractivity contribution is 0.102. The second-order valence-electron chi connectivity index (χ2n) is 6.65. The van der Waals surface area contributed by atoms with E-state index in [2.05, 4.69) is 23.9 Å². The lowest BCUT2D eigenvalue weighted by Crippen LogP contribution is -2.32. The van der Waals surface area contributed by atoms with E-state index in [1.165, 1.54) is 12.1 Å². The summed E-state index contributed by atoms with van der Waals surface area (Å²) in [4.78, 5) is 12.7. The summed E-state index contributed by atoms with van der Waals surface area (Å²) in [6.07, 6.45) is 0.686. The number of carbonyl (C=O) groups excluding carboxylic acids is 1. The van der Waals surface area contributed by atoms with E-state index in [1.54, 1.807) is 19.1 Å². The van der Waals surface area contributed by atoms with Crippen molar-refractivity contribution in [2.24, 2.45) is 0 Å². The highest BCUT2D eigenvalue weighted by atomic mass is 32.2. The van der Waals surface area contributed by atoms with Crippen molar-refractivity contribution >= 4 is 21.6 Å². The number of amides is 1. The van der Waals surface area contributed by atoms with Gasteiger partial charge in [0.1, 0.15) is 0 Å². The minimum atomic E-state index is -3.65. The van der Waals surface area contributed by atoms with Crippen LogP contribution < -0.4 is 10.0 Å². The van der Waals surface area contributed by atoms with Crippen LogP contribution in [-0.2, 0) is 10.0 Å². The Morgan fingerprint density at radius 3 is 2.38 bits per heavy atom. The van der Waals surface area contributed by atoms with Crippen LogP contribution in [0.1, 0.15) is 56.0 Å². The molecule has 0 saturated carbocycles. The van der Waals surface area contributed by atoms with Gasteiger partial charge in [-0.3, -0.25) is 4.79 Å². The van der Waals surface area contributed by atoms with Gasteiger partial charge >= 0.3 is 0 Å². The summed E-state index contributed by atoms with van der Waals surface area (Å²) < 4.78 is 27.5. The molecule has 0 radical (unpaired) electrons. The van der Waals surface area contributed by atoms with Gasteiger partial charge in [-0.25, -0.2) is 13.1 Å². The lowest BCUT2D eigenvalue weighted by Gasteiger charge is -2.15. The number of hydrogen-bond acceptors (Lipinski definition) is 3. The molecule has 2 aromatic rings. The number of benzene rings is 2. The molecule has 0 saturated heterocycles. The normalized spacial score (nSPS) is 12.8. The number of nitrogens with one attached hydrogen (secondary N) is 2. The number of rotatable bonds is 7. The van der Waals surface area contributed by atoms with Crippen molar-refractivity contribution in [3.63, 3.8) is 0 Å². The third-order valence-electron chi connectivity index (χ3n) is 4.21. The van der Waals surface area contributed by atoms with Crippen LogP contribution in [0, 0.1) is 0 Å². The van der Waals surface area contributed by atoms with Crippen LogP contribution in [0.3, 0.4) is 0 Å². The van der Waals surface area contributed by atoms with Gasteiger partial charge < -0.3 is 5.32 Å². The van der Waals surface area contributed by atoms with E-state index in [1.807, 2.05) is 31.2 Å². The van der Waals surface area contributed by atoms with E-state index in [4.69, 9.17) is 0 Å². The van der Waals surface area contributed by atoms with Crippen LogP contribution in [-0.4, -0.2) is 20.4 Å². The van der Waals surface area contributed by atoms with E-state index < -0.39 is 10.0 Å². The fourth-order valence-electron chi connectivity index (χ4n) is 2.53. The molecule has 26 heavy (non-hydrogen) atoms. The van der Waals surface area contributed by atoms with E-state index in [-0.39, 0.29) is 22.8 Å². The van der Waals surface area contributed by atoms with Crippen molar-refractivity contribution in [3.05, 3.63) is 59.7 Å². The molecule has 1 amide bonds. The molecular formula is C20H26N2O3S. The number of anilines is 1. The molecule has 1 unspecified atom stereocenters. The molecule has 0 fully saturated rings. The zero-order valence-corrected chi connectivity index (χ0v) is 16.4. The maximum atomic E-state index is 12.6. The highest BCUT2D eigenvalue weighted by Crippen LogP contribution is 2.24. The predicted molar refractivity (Wildman–Crippen MR) is 105 cm³/mol. The second-order valence-corrected chi connectivity index (χ2v) is 8.37. The Labute approximate surface area is 155 Å². The van der Waals surface area contributed by atoms with Gasteiger partial charge in [-0.15, -0.1) is 0 Å². The summed E-state index contributed by atoms with van der Waals surface area (Å²) in [5, 5.41) is 2.88. The van der Waals surface area contributed by atoms with Gasteiger partial charge in [0.2, 0.25) is 10.0 Å². The fourth-order valence-corrected chi connectivity index (χ4v) is 3.90. The van der Waals surface area contributed by atoms with Crippen LogP contribution in [0.4, 0.5) is 5.69 Å². The first-order chi connectivity index (χ1) is 12.2. The number of sulfonamides is 1. The zero-order chi connectivity index (χ0) is 19.3. The van der Waals surface area contributed by atoms with Crippen LogP contribution in [0.5, 0.6) is 0 Å². The van der Waals surface area contributed by atoms with Crippen LogP contribution in [0.2, 0.25) is 0 Å². The average Bonchev–Trinajstić information content (AvgIpc) is 2.61. The molecule has 2 N–H and O–H groups in total. The Bertz CT molecular complexity index is 876. The summed E-state index contributed by atoms with van der Waals surface area (Å²) in [5.41, 5.74) is 2.07. The molecule has 140 valence electrons. The van der Waals surface area contributed by atoms with E-state index in [0.29, 0.717) is 12.0 Å². The first kappa shape index (κ1) is 20.1. The highest BCUT2D eigenvalue weighted by molar-refractivity contribution is 7.89. The Kier molecular flexibility index (Phi) is 6.56. The zero-order valence-electron chi connectivity index (χ0n) is 15.6. The predicted octanol–water partition coefficient (Wildman–Crippen LogP) is 4.14. The van der Waals surface area contributed by atoms with Crippen LogP contribution >= 0.6 is 0 Å².